The van der Waals surface area contributed by atoms with E-state index in [1.54, 1.807) is 49.6 Å². The number of benzene rings is 2. The van der Waals surface area contributed by atoms with Crippen molar-refractivity contribution in [1.82, 2.24) is 0 Å². The van der Waals surface area contributed by atoms with E-state index in [4.69, 9.17) is 18.9 Å². The van der Waals surface area contributed by atoms with E-state index in [9.17, 15) is 9.59 Å². The van der Waals surface area contributed by atoms with Crippen molar-refractivity contribution in [2.75, 3.05) is 27.9 Å². The zero-order valence-corrected chi connectivity index (χ0v) is 15.1. The average Bonchev–Trinajstić information content (AvgIpc) is 3.01. The molecule has 0 saturated carbocycles. The zero-order chi connectivity index (χ0) is 19.4. The molecule has 7 nitrogen and oxygen atoms in total. The number of methoxy groups -OCH3 is 3. The number of allylic oxidation sites excluding steroid dienone is 1. The maximum Gasteiger partial charge on any atom is 0.343 e. The highest BCUT2D eigenvalue weighted by atomic mass is 16.6. The van der Waals surface area contributed by atoms with Crippen molar-refractivity contribution in [2.24, 2.45) is 0 Å². The molecule has 0 fully saturated rings. The van der Waals surface area contributed by atoms with Crippen LogP contribution < -0.4 is 18.9 Å². The molecule has 0 spiro atoms. The van der Waals surface area contributed by atoms with E-state index < -0.39 is 5.97 Å². The molecule has 0 unspecified atom stereocenters. The van der Waals surface area contributed by atoms with Crippen LogP contribution in [-0.2, 0) is 9.53 Å². The van der Waals surface area contributed by atoms with Crippen LogP contribution in [0.1, 0.15) is 15.9 Å². The van der Waals surface area contributed by atoms with E-state index in [2.05, 4.69) is 4.74 Å². The number of fused-ring (bicyclic) bond motifs is 1. The van der Waals surface area contributed by atoms with Crippen molar-refractivity contribution in [3.05, 3.63) is 53.3 Å². The zero-order valence-electron chi connectivity index (χ0n) is 15.1. The van der Waals surface area contributed by atoms with Gasteiger partial charge in [-0.15, -0.1) is 0 Å². The lowest BCUT2D eigenvalue weighted by Gasteiger charge is -2.10. The first kappa shape index (κ1) is 18.3. The predicted octanol–water partition coefficient (Wildman–Crippen LogP) is 2.87. The van der Waals surface area contributed by atoms with Gasteiger partial charge in [0, 0.05) is 6.07 Å². The number of ether oxygens (including phenoxy) is 5. The summed E-state index contributed by atoms with van der Waals surface area (Å²) in [6, 6.07) is 10.1. The number of ketones is 1. The van der Waals surface area contributed by atoms with Gasteiger partial charge in [-0.25, -0.2) is 4.79 Å². The minimum absolute atomic E-state index is 0.198. The standard InChI is InChI=1S/C20H18O7/c1-23-13-5-6-14-16(10-13)27-18(20(14)22)9-12-4-7-15(17(8-12)24-2)26-11-19(21)25-3/h4-10H,11H2,1-3H3/b18-9-. The Bertz CT molecular complexity index is 915. The molecule has 140 valence electrons. The number of carbonyl (C=O) groups excluding carboxylic acids is 2. The number of hydrogen-bond donors (Lipinski definition) is 0. The summed E-state index contributed by atoms with van der Waals surface area (Å²) in [5.74, 6) is 1.35. The van der Waals surface area contributed by atoms with Crippen LogP contribution in [0.15, 0.2) is 42.2 Å². The van der Waals surface area contributed by atoms with Crippen LogP contribution in [0.2, 0.25) is 0 Å². The maximum absolute atomic E-state index is 12.5. The first-order valence-electron chi connectivity index (χ1n) is 8.05. The molecule has 0 aromatic heterocycles. The van der Waals surface area contributed by atoms with Crippen LogP contribution in [0.25, 0.3) is 6.08 Å². The number of Topliss-reactive ketones (excluding diaryl/α,β-unsaturated/α-hetero) is 1. The minimum Gasteiger partial charge on any atom is -0.497 e. The van der Waals surface area contributed by atoms with Crippen molar-refractivity contribution < 1.29 is 33.3 Å². The van der Waals surface area contributed by atoms with E-state index in [0.717, 1.165) is 0 Å². The highest BCUT2D eigenvalue weighted by Gasteiger charge is 2.27. The van der Waals surface area contributed by atoms with Crippen molar-refractivity contribution in [3.8, 4) is 23.0 Å². The summed E-state index contributed by atoms with van der Waals surface area (Å²) < 4.78 is 26.0. The SMILES string of the molecule is COC(=O)COc1ccc(/C=C2\Oc3cc(OC)ccc3C2=O)cc1OC. The van der Waals surface area contributed by atoms with Crippen LogP contribution in [0.4, 0.5) is 0 Å². The smallest absolute Gasteiger partial charge is 0.343 e. The summed E-state index contributed by atoms with van der Waals surface area (Å²) in [5, 5.41) is 0. The molecule has 27 heavy (non-hydrogen) atoms. The largest absolute Gasteiger partial charge is 0.497 e. The highest BCUT2D eigenvalue weighted by molar-refractivity contribution is 6.14. The molecular weight excluding hydrogens is 352 g/mol. The molecule has 0 atom stereocenters. The second-order valence-electron chi connectivity index (χ2n) is 5.58. The van der Waals surface area contributed by atoms with Gasteiger partial charge in [0.25, 0.3) is 0 Å². The molecule has 0 bridgehead atoms. The van der Waals surface area contributed by atoms with Crippen molar-refractivity contribution in [2.45, 2.75) is 0 Å². The van der Waals surface area contributed by atoms with Crippen molar-refractivity contribution >= 4 is 17.8 Å². The van der Waals surface area contributed by atoms with Crippen LogP contribution in [0.5, 0.6) is 23.0 Å². The fourth-order valence-electron chi connectivity index (χ4n) is 2.53. The molecule has 2 aromatic rings. The molecule has 0 amide bonds. The molecular formula is C20H18O7. The molecule has 0 aliphatic carbocycles. The van der Waals surface area contributed by atoms with Gasteiger partial charge in [-0.3, -0.25) is 4.79 Å². The molecule has 0 N–H and O–H groups in total. The van der Waals surface area contributed by atoms with E-state index >= 15 is 0 Å². The Labute approximate surface area is 156 Å². The van der Waals surface area contributed by atoms with Crippen molar-refractivity contribution in [1.29, 1.82) is 0 Å². The Morgan fingerprint density at radius 2 is 1.85 bits per heavy atom. The highest BCUT2D eigenvalue weighted by Crippen LogP contribution is 2.35. The lowest BCUT2D eigenvalue weighted by Crippen LogP contribution is -2.12. The number of carbonyl (C=O) groups is 2. The Morgan fingerprint density at radius 3 is 2.56 bits per heavy atom. The number of hydrogen-bond acceptors (Lipinski definition) is 7. The second-order valence-corrected chi connectivity index (χ2v) is 5.58. The third-order valence-electron chi connectivity index (χ3n) is 3.94. The summed E-state index contributed by atoms with van der Waals surface area (Å²) in [6.07, 6.45) is 1.61. The topological polar surface area (TPSA) is 80.3 Å². The van der Waals surface area contributed by atoms with E-state index in [1.807, 2.05) is 0 Å². The summed E-state index contributed by atoms with van der Waals surface area (Å²) >= 11 is 0. The molecule has 7 heteroatoms. The molecule has 0 saturated heterocycles. The normalized spacial score (nSPS) is 13.7. The van der Waals surface area contributed by atoms with Crippen LogP contribution in [-0.4, -0.2) is 39.7 Å². The molecule has 2 aromatic carbocycles. The Hall–Kier alpha value is -3.48. The maximum atomic E-state index is 12.5. The fraction of sp³-hybridized carbons (Fsp3) is 0.200. The Balaban J connectivity index is 1.83. The number of rotatable bonds is 6. The van der Waals surface area contributed by atoms with Crippen LogP contribution in [0.3, 0.4) is 0 Å². The first-order valence-corrected chi connectivity index (χ1v) is 8.05. The quantitative estimate of drug-likeness (QED) is 0.571. The average molecular weight is 370 g/mol. The predicted molar refractivity (Wildman–Crippen MR) is 96.4 cm³/mol. The van der Waals surface area contributed by atoms with Gasteiger partial charge in [-0.2, -0.15) is 0 Å². The van der Waals surface area contributed by atoms with E-state index in [0.29, 0.717) is 34.1 Å². The summed E-state index contributed by atoms with van der Waals surface area (Å²) in [4.78, 5) is 23.7. The van der Waals surface area contributed by atoms with E-state index in [-0.39, 0.29) is 18.1 Å². The third-order valence-corrected chi connectivity index (χ3v) is 3.94. The Kier molecular flexibility index (Phi) is 5.30. The second kappa shape index (κ2) is 7.82. The lowest BCUT2D eigenvalue weighted by molar-refractivity contribution is -0.142. The van der Waals surface area contributed by atoms with E-state index in [1.165, 1.54) is 14.2 Å². The van der Waals surface area contributed by atoms with Gasteiger partial charge >= 0.3 is 5.97 Å². The van der Waals surface area contributed by atoms with Gasteiger partial charge < -0.3 is 23.7 Å². The van der Waals surface area contributed by atoms with Gasteiger partial charge in [-0.1, -0.05) is 6.07 Å². The Morgan fingerprint density at radius 1 is 1.04 bits per heavy atom. The monoisotopic (exact) mass is 370 g/mol. The van der Waals surface area contributed by atoms with Crippen LogP contribution in [0, 0.1) is 0 Å². The van der Waals surface area contributed by atoms with Gasteiger partial charge in [-0.05, 0) is 35.9 Å². The first-order chi connectivity index (χ1) is 13.0. The van der Waals surface area contributed by atoms with Gasteiger partial charge in [0.15, 0.2) is 23.9 Å². The summed E-state index contributed by atoms with van der Waals surface area (Å²) in [5.41, 5.74) is 1.16. The molecule has 3 rings (SSSR count). The summed E-state index contributed by atoms with van der Waals surface area (Å²) in [7, 11) is 4.31. The third kappa shape index (κ3) is 3.87. The summed E-state index contributed by atoms with van der Waals surface area (Å²) in [6.45, 7) is -0.230. The van der Waals surface area contributed by atoms with Crippen molar-refractivity contribution in [3.63, 3.8) is 0 Å². The van der Waals surface area contributed by atoms with Gasteiger partial charge in [0.2, 0.25) is 5.78 Å². The molecule has 1 aliphatic heterocycles. The van der Waals surface area contributed by atoms with Gasteiger partial charge in [0.1, 0.15) is 11.5 Å². The minimum atomic E-state index is -0.499. The molecule has 1 aliphatic rings. The van der Waals surface area contributed by atoms with Crippen LogP contribution >= 0.6 is 0 Å². The molecule has 1 heterocycles. The fourth-order valence-corrected chi connectivity index (χ4v) is 2.53. The lowest BCUT2D eigenvalue weighted by atomic mass is 10.1. The molecule has 0 radical (unpaired) electrons. The number of esters is 1. The van der Waals surface area contributed by atoms with Gasteiger partial charge in [0.05, 0.1) is 26.9 Å².